The molecule has 1 fully saturated rings. The summed E-state index contributed by atoms with van der Waals surface area (Å²) in [5, 5.41) is 2.52. The lowest BCUT2D eigenvalue weighted by atomic mass is 9.98. The molecule has 0 aliphatic heterocycles. The van der Waals surface area contributed by atoms with E-state index >= 15 is 0 Å². The summed E-state index contributed by atoms with van der Waals surface area (Å²) in [5.41, 5.74) is 2.80. The van der Waals surface area contributed by atoms with Crippen LogP contribution in [-0.2, 0) is 9.53 Å². The Bertz CT molecular complexity index is 1050. The van der Waals surface area contributed by atoms with Crippen molar-refractivity contribution in [3.63, 3.8) is 0 Å². The third kappa shape index (κ3) is 3.61. The van der Waals surface area contributed by atoms with Gasteiger partial charge in [-0.15, -0.1) is 11.3 Å². The maximum absolute atomic E-state index is 13.2. The van der Waals surface area contributed by atoms with Gasteiger partial charge in [-0.3, -0.25) is 9.36 Å². The van der Waals surface area contributed by atoms with Crippen LogP contribution in [-0.4, -0.2) is 21.6 Å². The van der Waals surface area contributed by atoms with E-state index in [0.29, 0.717) is 10.2 Å². The molecule has 4 rings (SSSR count). The molecule has 0 saturated heterocycles. The van der Waals surface area contributed by atoms with Gasteiger partial charge in [-0.1, -0.05) is 36.2 Å². The molecular weight excluding hydrogens is 372 g/mol. The minimum atomic E-state index is -0.697. The fourth-order valence-electron chi connectivity index (χ4n) is 3.73. The highest BCUT2D eigenvalue weighted by Gasteiger charge is 2.25. The number of ether oxygens (including phenoxy) is 1. The van der Waals surface area contributed by atoms with Gasteiger partial charge in [-0.2, -0.15) is 0 Å². The Morgan fingerprint density at radius 2 is 1.93 bits per heavy atom. The van der Waals surface area contributed by atoms with Crippen LogP contribution in [0.4, 0.5) is 0 Å². The molecule has 1 aliphatic rings. The largest absolute Gasteiger partial charge is 0.461 e. The van der Waals surface area contributed by atoms with E-state index in [1.807, 2.05) is 36.6 Å². The molecule has 0 spiro atoms. The maximum Gasteiger partial charge on any atom is 0.329 e. The predicted molar refractivity (Wildman–Crippen MR) is 112 cm³/mol. The number of thiophene rings is 1. The van der Waals surface area contributed by atoms with Crippen molar-refractivity contribution < 1.29 is 9.53 Å². The molecule has 1 saturated carbocycles. The van der Waals surface area contributed by atoms with Crippen LogP contribution in [0, 0.1) is 6.92 Å². The summed E-state index contributed by atoms with van der Waals surface area (Å²) < 4.78 is 7.06. The van der Waals surface area contributed by atoms with Crippen LogP contribution in [0.3, 0.4) is 0 Å². The van der Waals surface area contributed by atoms with Crippen LogP contribution in [0.2, 0.25) is 0 Å². The number of hydrogen-bond donors (Lipinski definition) is 0. The molecule has 0 N–H and O–H groups in total. The Hall–Kier alpha value is -2.47. The average Bonchev–Trinajstić information content (AvgIpc) is 3.14. The van der Waals surface area contributed by atoms with Crippen LogP contribution in [0.1, 0.15) is 50.6 Å². The summed E-state index contributed by atoms with van der Waals surface area (Å²) >= 11 is 1.44. The number of rotatable bonds is 4. The Morgan fingerprint density at radius 3 is 2.64 bits per heavy atom. The third-order valence-corrected chi connectivity index (χ3v) is 6.36. The third-order valence-electron chi connectivity index (χ3n) is 5.48. The lowest BCUT2D eigenvalue weighted by Gasteiger charge is -2.24. The van der Waals surface area contributed by atoms with Gasteiger partial charge in [0.1, 0.15) is 17.0 Å². The minimum Gasteiger partial charge on any atom is -0.461 e. The molecule has 1 aliphatic carbocycles. The first-order valence-corrected chi connectivity index (χ1v) is 10.7. The van der Waals surface area contributed by atoms with E-state index in [0.717, 1.165) is 42.4 Å². The van der Waals surface area contributed by atoms with E-state index in [9.17, 15) is 9.59 Å². The van der Waals surface area contributed by atoms with Gasteiger partial charge in [0.2, 0.25) is 0 Å². The standard InChI is InChI=1S/C22H24N2O3S/c1-14-8-10-16(11-9-14)18-12-28-20-19(18)21(25)24(13-23-20)15(2)22(26)27-17-6-4-3-5-7-17/h8-13,15,17H,3-7H2,1-2H3/t15-/m1/s1. The van der Waals surface area contributed by atoms with Crippen molar-refractivity contribution in [3.8, 4) is 11.1 Å². The highest BCUT2D eigenvalue weighted by atomic mass is 32.1. The molecule has 0 unspecified atom stereocenters. The molecule has 0 amide bonds. The van der Waals surface area contributed by atoms with Crippen molar-refractivity contribution in [3.05, 3.63) is 51.9 Å². The van der Waals surface area contributed by atoms with E-state index in [4.69, 9.17) is 4.74 Å². The average molecular weight is 397 g/mol. The van der Waals surface area contributed by atoms with Crippen molar-refractivity contribution in [2.45, 2.75) is 58.1 Å². The molecular formula is C22H24N2O3S. The number of aryl methyl sites for hydroxylation is 1. The zero-order valence-electron chi connectivity index (χ0n) is 16.2. The summed E-state index contributed by atoms with van der Waals surface area (Å²) in [6.07, 6.45) is 6.64. The molecule has 28 heavy (non-hydrogen) atoms. The van der Waals surface area contributed by atoms with Gasteiger partial charge in [0.05, 0.1) is 11.7 Å². The highest BCUT2D eigenvalue weighted by Crippen LogP contribution is 2.31. The Morgan fingerprint density at radius 1 is 1.21 bits per heavy atom. The van der Waals surface area contributed by atoms with Gasteiger partial charge < -0.3 is 4.74 Å². The fourth-order valence-corrected chi connectivity index (χ4v) is 4.63. The number of carbonyl (C=O) groups excluding carboxylic acids is 1. The number of hydrogen-bond acceptors (Lipinski definition) is 5. The van der Waals surface area contributed by atoms with E-state index in [-0.39, 0.29) is 17.6 Å². The zero-order chi connectivity index (χ0) is 19.7. The van der Waals surface area contributed by atoms with Gasteiger partial charge in [0, 0.05) is 10.9 Å². The second-order valence-corrected chi connectivity index (χ2v) is 8.38. The summed E-state index contributed by atoms with van der Waals surface area (Å²) in [7, 11) is 0. The molecule has 0 radical (unpaired) electrons. The first-order chi connectivity index (χ1) is 13.5. The van der Waals surface area contributed by atoms with Gasteiger partial charge in [0.15, 0.2) is 0 Å². The van der Waals surface area contributed by atoms with Gasteiger partial charge in [-0.25, -0.2) is 9.78 Å². The zero-order valence-corrected chi connectivity index (χ0v) is 17.0. The fraction of sp³-hybridized carbons (Fsp3) is 0.409. The summed E-state index contributed by atoms with van der Waals surface area (Å²) in [6, 6.07) is 7.37. The van der Waals surface area contributed by atoms with Crippen molar-refractivity contribution in [1.29, 1.82) is 0 Å². The molecule has 3 aromatic rings. The Balaban J connectivity index is 1.67. The molecule has 1 atom stereocenters. The SMILES string of the molecule is Cc1ccc(-c2csc3ncn([C@H](C)C(=O)OC4CCCCC4)c(=O)c23)cc1. The van der Waals surface area contributed by atoms with Gasteiger partial charge in [-0.05, 0) is 45.1 Å². The number of fused-ring (bicyclic) bond motifs is 1. The van der Waals surface area contributed by atoms with E-state index < -0.39 is 6.04 Å². The lowest BCUT2D eigenvalue weighted by Crippen LogP contribution is -2.32. The predicted octanol–water partition coefficient (Wildman–Crippen LogP) is 4.87. The number of benzene rings is 1. The second-order valence-electron chi connectivity index (χ2n) is 7.53. The van der Waals surface area contributed by atoms with Crippen molar-refractivity contribution in [2.75, 3.05) is 0 Å². The number of esters is 1. The first kappa shape index (κ1) is 18.9. The van der Waals surface area contributed by atoms with Crippen molar-refractivity contribution in [1.82, 2.24) is 9.55 Å². The van der Waals surface area contributed by atoms with E-state index in [2.05, 4.69) is 4.98 Å². The van der Waals surface area contributed by atoms with Crippen molar-refractivity contribution >= 4 is 27.5 Å². The van der Waals surface area contributed by atoms with Crippen molar-refractivity contribution in [2.24, 2.45) is 0 Å². The second kappa shape index (κ2) is 7.87. The Labute approximate surface area is 168 Å². The van der Waals surface area contributed by atoms with E-state index in [1.54, 1.807) is 6.92 Å². The lowest BCUT2D eigenvalue weighted by molar-refractivity contribution is -0.154. The summed E-state index contributed by atoms with van der Waals surface area (Å²) in [4.78, 5) is 30.9. The molecule has 1 aromatic carbocycles. The maximum atomic E-state index is 13.2. The molecule has 2 aromatic heterocycles. The smallest absolute Gasteiger partial charge is 0.329 e. The van der Waals surface area contributed by atoms with Crippen LogP contribution in [0.15, 0.2) is 40.8 Å². The molecule has 5 nitrogen and oxygen atoms in total. The molecule has 146 valence electrons. The van der Waals surface area contributed by atoms with Gasteiger partial charge >= 0.3 is 5.97 Å². The topological polar surface area (TPSA) is 61.2 Å². The van der Waals surface area contributed by atoms with E-state index in [1.165, 1.54) is 28.7 Å². The summed E-state index contributed by atoms with van der Waals surface area (Å²) in [5.74, 6) is -0.359. The van der Waals surface area contributed by atoms with Crippen LogP contribution < -0.4 is 5.56 Å². The molecule has 2 heterocycles. The summed E-state index contributed by atoms with van der Waals surface area (Å²) in [6.45, 7) is 3.74. The molecule has 6 heteroatoms. The normalized spacial score (nSPS) is 16.2. The minimum absolute atomic E-state index is 0.0274. The quantitative estimate of drug-likeness (QED) is 0.590. The van der Waals surface area contributed by atoms with Gasteiger partial charge in [0.25, 0.3) is 5.56 Å². The van der Waals surface area contributed by atoms with Crippen LogP contribution in [0.25, 0.3) is 21.3 Å². The number of nitrogens with zero attached hydrogens (tertiary/aromatic N) is 2. The monoisotopic (exact) mass is 396 g/mol. The highest BCUT2D eigenvalue weighted by molar-refractivity contribution is 7.17. The number of carbonyl (C=O) groups is 1. The van der Waals surface area contributed by atoms with Crippen LogP contribution in [0.5, 0.6) is 0 Å². The molecule has 0 bridgehead atoms. The first-order valence-electron chi connectivity index (χ1n) is 9.80. The number of aromatic nitrogens is 2. The van der Waals surface area contributed by atoms with Crippen LogP contribution >= 0.6 is 11.3 Å². The Kier molecular flexibility index (Phi) is 5.31.